The van der Waals surface area contributed by atoms with Crippen molar-refractivity contribution in [3.8, 4) is 0 Å². The van der Waals surface area contributed by atoms with Crippen LogP contribution in [0.3, 0.4) is 0 Å². The second-order valence-corrected chi connectivity index (χ2v) is 6.22. The van der Waals surface area contributed by atoms with Crippen molar-refractivity contribution in [2.45, 2.75) is 33.2 Å². The summed E-state index contributed by atoms with van der Waals surface area (Å²) in [5.41, 5.74) is 7.66. The van der Waals surface area contributed by atoms with Crippen molar-refractivity contribution in [3.63, 3.8) is 0 Å². The standard InChI is InChI=1S/C13H21BrN2O/c1-13(2,3)12(6-7-17)16-11-5-4-9(14)8-10(11)15/h4-5,8,12,16-17H,6-7,15H2,1-3H3. The van der Waals surface area contributed by atoms with Crippen molar-refractivity contribution in [2.75, 3.05) is 17.7 Å². The molecule has 1 rings (SSSR count). The van der Waals surface area contributed by atoms with Gasteiger partial charge in [-0.1, -0.05) is 36.7 Å². The number of rotatable bonds is 4. The number of aliphatic hydroxyl groups excluding tert-OH is 1. The Morgan fingerprint density at radius 3 is 2.53 bits per heavy atom. The lowest BCUT2D eigenvalue weighted by Gasteiger charge is -2.32. The molecule has 1 atom stereocenters. The summed E-state index contributed by atoms with van der Waals surface area (Å²) in [6, 6.07) is 5.98. The number of hydrogen-bond acceptors (Lipinski definition) is 3. The topological polar surface area (TPSA) is 58.3 Å². The highest BCUT2D eigenvalue weighted by Gasteiger charge is 2.24. The lowest BCUT2D eigenvalue weighted by Crippen LogP contribution is -2.35. The predicted octanol–water partition coefficient (Wildman–Crippen LogP) is 3.24. The summed E-state index contributed by atoms with van der Waals surface area (Å²) < 4.78 is 0.968. The minimum atomic E-state index is 0.0717. The fourth-order valence-corrected chi connectivity index (χ4v) is 2.08. The van der Waals surface area contributed by atoms with Gasteiger partial charge in [0.2, 0.25) is 0 Å². The number of anilines is 2. The minimum Gasteiger partial charge on any atom is -0.397 e. The molecule has 3 nitrogen and oxygen atoms in total. The quantitative estimate of drug-likeness (QED) is 0.748. The molecule has 1 aromatic rings. The van der Waals surface area contributed by atoms with Gasteiger partial charge in [0.1, 0.15) is 0 Å². The van der Waals surface area contributed by atoms with Crippen LogP contribution in [0.4, 0.5) is 11.4 Å². The lowest BCUT2D eigenvalue weighted by atomic mass is 9.84. The molecule has 0 bridgehead atoms. The number of hydrogen-bond donors (Lipinski definition) is 3. The van der Waals surface area contributed by atoms with Gasteiger partial charge in [-0.15, -0.1) is 0 Å². The molecule has 0 aliphatic heterocycles. The molecule has 0 aromatic heterocycles. The number of nitrogens with two attached hydrogens (primary N) is 1. The van der Waals surface area contributed by atoms with Gasteiger partial charge in [0.15, 0.2) is 0 Å². The van der Waals surface area contributed by atoms with Gasteiger partial charge in [0.05, 0.1) is 11.4 Å². The van der Waals surface area contributed by atoms with E-state index in [4.69, 9.17) is 10.8 Å². The number of benzene rings is 1. The van der Waals surface area contributed by atoms with E-state index >= 15 is 0 Å². The zero-order valence-corrected chi connectivity index (χ0v) is 12.2. The predicted molar refractivity (Wildman–Crippen MR) is 77.1 cm³/mol. The van der Waals surface area contributed by atoms with Crippen LogP contribution >= 0.6 is 15.9 Å². The van der Waals surface area contributed by atoms with Crippen LogP contribution in [0.2, 0.25) is 0 Å². The highest BCUT2D eigenvalue weighted by Crippen LogP contribution is 2.29. The molecule has 0 aliphatic carbocycles. The van der Waals surface area contributed by atoms with E-state index in [1.807, 2.05) is 18.2 Å². The van der Waals surface area contributed by atoms with E-state index in [1.165, 1.54) is 0 Å². The Morgan fingerprint density at radius 1 is 1.41 bits per heavy atom. The summed E-state index contributed by atoms with van der Waals surface area (Å²) in [5.74, 6) is 0. The summed E-state index contributed by atoms with van der Waals surface area (Å²) >= 11 is 3.38. The summed E-state index contributed by atoms with van der Waals surface area (Å²) in [6.07, 6.45) is 0.707. The number of nitrogens with one attached hydrogen (secondary N) is 1. The van der Waals surface area contributed by atoms with E-state index in [-0.39, 0.29) is 18.1 Å². The van der Waals surface area contributed by atoms with Crippen molar-refractivity contribution in [1.82, 2.24) is 0 Å². The Balaban J connectivity index is 2.86. The first-order valence-corrected chi connectivity index (χ1v) is 6.56. The third-order valence-corrected chi connectivity index (χ3v) is 3.30. The monoisotopic (exact) mass is 300 g/mol. The minimum absolute atomic E-state index is 0.0717. The summed E-state index contributed by atoms with van der Waals surface area (Å²) in [5, 5.41) is 12.5. The van der Waals surface area contributed by atoms with E-state index in [2.05, 4.69) is 42.0 Å². The second kappa shape index (κ2) is 5.74. The zero-order valence-electron chi connectivity index (χ0n) is 10.6. The van der Waals surface area contributed by atoms with E-state index < -0.39 is 0 Å². The van der Waals surface area contributed by atoms with Gasteiger partial charge in [0, 0.05) is 17.1 Å². The average molecular weight is 301 g/mol. The largest absolute Gasteiger partial charge is 0.397 e. The first-order valence-electron chi connectivity index (χ1n) is 5.77. The average Bonchev–Trinajstić information content (AvgIpc) is 2.19. The van der Waals surface area contributed by atoms with Crippen LogP contribution in [0.15, 0.2) is 22.7 Å². The van der Waals surface area contributed by atoms with Crippen molar-refractivity contribution in [1.29, 1.82) is 0 Å². The van der Waals surface area contributed by atoms with Crippen LogP contribution in [-0.4, -0.2) is 17.8 Å². The molecule has 4 heteroatoms. The third-order valence-electron chi connectivity index (χ3n) is 2.81. The summed E-state index contributed by atoms with van der Waals surface area (Å²) in [7, 11) is 0. The van der Waals surface area contributed by atoms with Crippen LogP contribution in [-0.2, 0) is 0 Å². The summed E-state index contributed by atoms with van der Waals surface area (Å²) in [4.78, 5) is 0. The smallest absolute Gasteiger partial charge is 0.0577 e. The van der Waals surface area contributed by atoms with Crippen LogP contribution < -0.4 is 11.1 Å². The molecular formula is C13H21BrN2O. The molecule has 0 heterocycles. The van der Waals surface area contributed by atoms with Gasteiger partial charge >= 0.3 is 0 Å². The number of nitrogen functional groups attached to an aromatic ring is 1. The van der Waals surface area contributed by atoms with Crippen LogP contribution in [0.5, 0.6) is 0 Å². The molecule has 96 valence electrons. The Hall–Kier alpha value is -0.740. The molecule has 1 unspecified atom stereocenters. The molecule has 0 amide bonds. The molecule has 0 fully saturated rings. The molecule has 17 heavy (non-hydrogen) atoms. The van der Waals surface area contributed by atoms with Gasteiger partial charge in [-0.05, 0) is 30.0 Å². The number of halogens is 1. The molecule has 0 aliphatic rings. The fraction of sp³-hybridized carbons (Fsp3) is 0.538. The van der Waals surface area contributed by atoms with Crippen molar-refractivity contribution in [2.24, 2.45) is 5.41 Å². The molecule has 0 radical (unpaired) electrons. The molecule has 0 saturated carbocycles. The van der Waals surface area contributed by atoms with Gasteiger partial charge in [0.25, 0.3) is 0 Å². The van der Waals surface area contributed by atoms with E-state index in [1.54, 1.807) is 0 Å². The fourth-order valence-electron chi connectivity index (χ4n) is 1.70. The summed E-state index contributed by atoms with van der Waals surface area (Å²) in [6.45, 7) is 6.62. The SMILES string of the molecule is CC(C)(C)C(CCO)Nc1ccc(Br)cc1N. The molecule has 1 aromatic carbocycles. The third kappa shape index (κ3) is 4.21. The Labute approximate surface area is 112 Å². The van der Waals surface area contributed by atoms with Gasteiger partial charge in [-0.3, -0.25) is 0 Å². The Morgan fingerprint density at radius 2 is 2.06 bits per heavy atom. The first kappa shape index (κ1) is 14.3. The van der Waals surface area contributed by atoms with Crippen LogP contribution in [0.25, 0.3) is 0 Å². The normalized spacial score (nSPS) is 13.5. The van der Waals surface area contributed by atoms with Crippen LogP contribution in [0.1, 0.15) is 27.2 Å². The van der Waals surface area contributed by atoms with Crippen molar-refractivity contribution in [3.05, 3.63) is 22.7 Å². The maximum absolute atomic E-state index is 9.11. The van der Waals surface area contributed by atoms with Gasteiger partial charge in [-0.25, -0.2) is 0 Å². The highest BCUT2D eigenvalue weighted by molar-refractivity contribution is 9.10. The molecule has 0 spiro atoms. The van der Waals surface area contributed by atoms with E-state index in [0.29, 0.717) is 12.1 Å². The number of aliphatic hydroxyl groups is 1. The Kier molecular flexibility index (Phi) is 4.83. The van der Waals surface area contributed by atoms with E-state index in [9.17, 15) is 0 Å². The molecular weight excluding hydrogens is 280 g/mol. The van der Waals surface area contributed by atoms with Gasteiger partial charge < -0.3 is 16.2 Å². The lowest BCUT2D eigenvalue weighted by molar-refractivity contribution is 0.235. The van der Waals surface area contributed by atoms with E-state index in [0.717, 1.165) is 10.2 Å². The van der Waals surface area contributed by atoms with Crippen molar-refractivity contribution >= 4 is 27.3 Å². The zero-order chi connectivity index (χ0) is 13.1. The maximum Gasteiger partial charge on any atom is 0.0577 e. The van der Waals surface area contributed by atoms with Gasteiger partial charge in [-0.2, -0.15) is 0 Å². The molecule has 0 saturated heterocycles. The molecule has 4 N–H and O–H groups in total. The second-order valence-electron chi connectivity index (χ2n) is 5.31. The first-order chi connectivity index (χ1) is 7.84. The maximum atomic E-state index is 9.11. The highest BCUT2D eigenvalue weighted by atomic mass is 79.9. The Bertz CT molecular complexity index is 374. The van der Waals surface area contributed by atoms with Crippen LogP contribution in [0, 0.1) is 5.41 Å². The van der Waals surface area contributed by atoms with Crippen molar-refractivity contribution < 1.29 is 5.11 Å².